The average molecular weight is 343 g/mol. The molecule has 0 aliphatic heterocycles. The van der Waals surface area contributed by atoms with Crippen molar-refractivity contribution in [3.05, 3.63) is 52.3 Å². The van der Waals surface area contributed by atoms with Crippen molar-refractivity contribution >= 4 is 5.91 Å². The molecule has 0 radical (unpaired) electrons. The molecule has 1 aromatic heterocycles. The van der Waals surface area contributed by atoms with E-state index in [-0.39, 0.29) is 18.0 Å². The molecule has 1 amide bonds. The van der Waals surface area contributed by atoms with Crippen LogP contribution in [0.15, 0.2) is 18.2 Å². The van der Waals surface area contributed by atoms with Gasteiger partial charge in [0.2, 0.25) is 5.95 Å². The third-order valence-corrected chi connectivity index (χ3v) is 3.64. The maximum absolute atomic E-state index is 14.0. The summed E-state index contributed by atoms with van der Waals surface area (Å²) in [6.45, 7) is 3.47. The number of nitrogens with zero attached hydrogens (tertiary/aromatic N) is 2. The highest BCUT2D eigenvalue weighted by Crippen LogP contribution is 2.25. The molecule has 8 heteroatoms. The highest BCUT2D eigenvalue weighted by atomic mass is 19.3. The average Bonchev–Trinajstić information content (AvgIpc) is 2.81. The van der Waals surface area contributed by atoms with Crippen LogP contribution < -0.4 is 5.32 Å². The van der Waals surface area contributed by atoms with Gasteiger partial charge in [0.1, 0.15) is 17.1 Å². The Morgan fingerprint density at radius 1 is 1.29 bits per heavy atom. The number of rotatable bonds is 5. The van der Waals surface area contributed by atoms with Gasteiger partial charge in [0.25, 0.3) is 12.3 Å². The zero-order chi connectivity index (χ0) is 18.0. The number of benzene rings is 1. The van der Waals surface area contributed by atoms with E-state index in [1.165, 1.54) is 6.07 Å². The predicted octanol–water partition coefficient (Wildman–Crippen LogP) is 3.69. The van der Waals surface area contributed by atoms with Crippen molar-refractivity contribution in [1.29, 1.82) is 0 Å². The largest absolute Gasteiger partial charge is 0.348 e. The van der Waals surface area contributed by atoms with Crippen LogP contribution in [0, 0.1) is 11.8 Å². The monoisotopic (exact) mass is 343 g/mol. The van der Waals surface area contributed by atoms with E-state index in [2.05, 4.69) is 10.4 Å². The summed E-state index contributed by atoms with van der Waals surface area (Å²) in [5.41, 5.74) is -0.847. The maximum atomic E-state index is 14.0. The molecule has 0 bridgehead atoms. The van der Waals surface area contributed by atoms with E-state index in [0.717, 1.165) is 7.05 Å². The van der Waals surface area contributed by atoms with Crippen molar-refractivity contribution < 1.29 is 22.4 Å². The van der Waals surface area contributed by atoms with Crippen LogP contribution in [0.1, 0.15) is 53.4 Å². The second-order valence-corrected chi connectivity index (χ2v) is 5.62. The molecule has 1 N–H and O–H groups in total. The molecule has 0 aliphatic rings. The number of hydrogen-bond acceptors (Lipinski definition) is 2. The van der Waals surface area contributed by atoms with Crippen LogP contribution >= 0.6 is 0 Å². The Labute approximate surface area is 136 Å². The minimum Gasteiger partial charge on any atom is -0.348 e. The molecule has 0 unspecified atom stereocenters. The van der Waals surface area contributed by atoms with Gasteiger partial charge in [-0.3, -0.25) is 4.79 Å². The number of carbonyl (C=O) groups excluding carboxylic acids is 1. The summed E-state index contributed by atoms with van der Waals surface area (Å²) in [7, 11) is 1.12. The van der Waals surface area contributed by atoms with Gasteiger partial charge >= 0.3 is 0 Å². The van der Waals surface area contributed by atoms with Gasteiger partial charge in [-0.05, 0) is 17.5 Å². The molecule has 0 saturated carbocycles. The fraction of sp³-hybridized carbons (Fsp3) is 0.375. The van der Waals surface area contributed by atoms with E-state index in [0.29, 0.717) is 10.2 Å². The Bertz CT molecular complexity index is 756. The quantitative estimate of drug-likeness (QED) is 0.842. The first kappa shape index (κ1) is 18.0. The minimum absolute atomic E-state index is 0.000597. The Hall–Kier alpha value is -2.38. The molecule has 0 atom stereocenters. The van der Waals surface area contributed by atoms with Gasteiger partial charge in [0.05, 0.1) is 0 Å². The summed E-state index contributed by atoms with van der Waals surface area (Å²) in [6.07, 6.45) is -3.10. The Morgan fingerprint density at radius 3 is 2.54 bits per heavy atom. The first-order valence-electron chi connectivity index (χ1n) is 7.30. The summed E-state index contributed by atoms with van der Waals surface area (Å²) in [4.78, 5) is 12.1. The number of aromatic nitrogens is 2. The van der Waals surface area contributed by atoms with Crippen LogP contribution in [0.5, 0.6) is 0 Å². The SMILES string of the molecule is CC(C)c1cccc(F)c1CNC(=O)c1c(C(F)F)nn(C)c1F. The van der Waals surface area contributed by atoms with Gasteiger partial charge in [-0.25, -0.2) is 17.9 Å². The van der Waals surface area contributed by atoms with Crippen molar-refractivity contribution in [1.82, 2.24) is 15.1 Å². The van der Waals surface area contributed by atoms with Gasteiger partial charge in [0.15, 0.2) is 0 Å². The van der Waals surface area contributed by atoms with Crippen molar-refractivity contribution in [2.45, 2.75) is 32.7 Å². The second kappa shape index (κ2) is 7.02. The standard InChI is InChI=1S/C16H17F4N3O/c1-8(2)9-5-4-6-11(17)10(9)7-21-16(24)12-13(14(18)19)22-23(3)15(12)20/h4-6,8,14H,7H2,1-3H3,(H,21,24). The van der Waals surface area contributed by atoms with Crippen LogP contribution in [0.3, 0.4) is 0 Å². The van der Waals surface area contributed by atoms with E-state index in [9.17, 15) is 22.4 Å². The fourth-order valence-electron chi connectivity index (χ4n) is 2.45. The summed E-state index contributed by atoms with van der Waals surface area (Å²) in [5, 5.41) is 5.60. The predicted molar refractivity (Wildman–Crippen MR) is 79.8 cm³/mol. The Kier molecular flexibility index (Phi) is 5.26. The van der Waals surface area contributed by atoms with Gasteiger partial charge in [-0.15, -0.1) is 0 Å². The van der Waals surface area contributed by atoms with Crippen LogP contribution in [-0.2, 0) is 13.6 Å². The van der Waals surface area contributed by atoms with Crippen molar-refractivity contribution in [3.8, 4) is 0 Å². The molecule has 0 spiro atoms. The summed E-state index contributed by atoms with van der Waals surface area (Å²) >= 11 is 0. The molecule has 4 nitrogen and oxygen atoms in total. The lowest BCUT2D eigenvalue weighted by atomic mass is 9.96. The number of amides is 1. The lowest BCUT2D eigenvalue weighted by molar-refractivity contribution is 0.0931. The highest BCUT2D eigenvalue weighted by molar-refractivity contribution is 5.95. The third kappa shape index (κ3) is 3.42. The van der Waals surface area contributed by atoms with Crippen LogP contribution in [0.2, 0.25) is 0 Å². The molecule has 130 valence electrons. The number of nitrogens with one attached hydrogen (secondary N) is 1. The maximum Gasteiger partial charge on any atom is 0.283 e. The normalized spacial score (nSPS) is 11.4. The minimum atomic E-state index is -3.10. The highest BCUT2D eigenvalue weighted by Gasteiger charge is 2.28. The smallest absolute Gasteiger partial charge is 0.283 e. The van der Waals surface area contributed by atoms with Gasteiger partial charge in [-0.2, -0.15) is 9.49 Å². The summed E-state index contributed by atoms with van der Waals surface area (Å²) in [6, 6.07) is 4.50. The lowest BCUT2D eigenvalue weighted by Gasteiger charge is -2.14. The van der Waals surface area contributed by atoms with Crippen molar-refractivity contribution in [2.75, 3.05) is 0 Å². The van der Waals surface area contributed by atoms with Crippen LogP contribution in [0.25, 0.3) is 0 Å². The second-order valence-electron chi connectivity index (χ2n) is 5.62. The van der Waals surface area contributed by atoms with E-state index >= 15 is 0 Å². The van der Waals surface area contributed by atoms with E-state index < -0.39 is 35.4 Å². The fourth-order valence-corrected chi connectivity index (χ4v) is 2.45. The van der Waals surface area contributed by atoms with Gasteiger partial charge in [0, 0.05) is 19.2 Å². The topological polar surface area (TPSA) is 46.9 Å². The zero-order valence-electron chi connectivity index (χ0n) is 13.4. The van der Waals surface area contributed by atoms with E-state index in [1.807, 2.05) is 13.8 Å². The first-order chi connectivity index (χ1) is 11.2. The molecular weight excluding hydrogens is 326 g/mol. The molecular formula is C16H17F4N3O. The molecule has 24 heavy (non-hydrogen) atoms. The van der Waals surface area contributed by atoms with Gasteiger partial charge in [-0.1, -0.05) is 26.0 Å². The molecule has 0 saturated heterocycles. The van der Waals surface area contributed by atoms with E-state index in [4.69, 9.17) is 0 Å². The Balaban J connectivity index is 2.27. The molecule has 0 fully saturated rings. The number of aryl methyl sites for hydroxylation is 1. The van der Waals surface area contributed by atoms with Crippen LogP contribution in [0.4, 0.5) is 17.6 Å². The van der Waals surface area contributed by atoms with Crippen LogP contribution in [-0.4, -0.2) is 15.7 Å². The van der Waals surface area contributed by atoms with Crippen molar-refractivity contribution in [2.24, 2.45) is 7.05 Å². The molecule has 0 aliphatic carbocycles. The first-order valence-corrected chi connectivity index (χ1v) is 7.30. The summed E-state index contributed by atoms with van der Waals surface area (Å²) < 4.78 is 54.2. The summed E-state index contributed by atoms with van der Waals surface area (Å²) in [5.74, 6) is -2.75. The molecule has 2 rings (SSSR count). The van der Waals surface area contributed by atoms with Gasteiger partial charge < -0.3 is 5.32 Å². The third-order valence-electron chi connectivity index (χ3n) is 3.64. The molecule has 1 heterocycles. The molecule has 2 aromatic rings. The number of alkyl halides is 2. The number of carbonyl (C=O) groups is 1. The number of hydrogen-bond donors (Lipinski definition) is 1. The lowest BCUT2D eigenvalue weighted by Crippen LogP contribution is -2.26. The molecule has 1 aromatic carbocycles. The zero-order valence-corrected chi connectivity index (χ0v) is 13.4. The van der Waals surface area contributed by atoms with Crippen molar-refractivity contribution in [3.63, 3.8) is 0 Å². The van der Waals surface area contributed by atoms with E-state index in [1.54, 1.807) is 12.1 Å². The Morgan fingerprint density at radius 2 is 1.96 bits per heavy atom. The number of halogens is 4.